The first-order valence-corrected chi connectivity index (χ1v) is 10.5. The molecule has 9 nitrogen and oxygen atoms in total. The zero-order chi connectivity index (χ0) is 21.1. The highest BCUT2D eigenvalue weighted by Gasteiger charge is 2.28. The molecule has 0 aliphatic carbocycles. The van der Waals surface area contributed by atoms with Crippen LogP contribution in [0.3, 0.4) is 0 Å². The second kappa shape index (κ2) is 8.89. The molecule has 0 radical (unpaired) electrons. The first kappa shape index (κ1) is 22.1. The summed E-state index contributed by atoms with van der Waals surface area (Å²) in [5.41, 5.74) is 0. The van der Waals surface area contributed by atoms with Gasteiger partial charge in [0.05, 0.1) is 4.90 Å². The molecule has 2 N–H and O–H groups in total. The predicted molar refractivity (Wildman–Crippen MR) is 108 cm³/mol. The molecule has 2 aromatic rings. The highest BCUT2D eigenvalue weighted by Crippen LogP contribution is 2.19. The summed E-state index contributed by atoms with van der Waals surface area (Å²) in [5, 5.41) is 3.20. The third-order valence-corrected chi connectivity index (χ3v) is 5.07. The molecule has 0 fully saturated rings. The van der Waals surface area contributed by atoms with E-state index in [-0.39, 0.29) is 28.1 Å². The number of hydrogen-bond donors (Lipinski definition) is 2. The van der Waals surface area contributed by atoms with Crippen LogP contribution >= 0.6 is 23.2 Å². The van der Waals surface area contributed by atoms with Crippen molar-refractivity contribution >= 4 is 51.2 Å². The molecule has 28 heavy (non-hydrogen) atoms. The van der Waals surface area contributed by atoms with E-state index in [2.05, 4.69) is 20.3 Å². The van der Waals surface area contributed by atoms with E-state index in [1.807, 2.05) is 18.6 Å². The SMILES string of the molecule is CC(C)Nc1nc(Cl)nc(N(C(=O)NS(=O)(=O)c2ccc(Cl)cc2)C(C)C)n1. The number of carbonyl (C=O) groups excluding carboxylic acids is 1. The van der Waals surface area contributed by atoms with E-state index < -0.39 is 22.1 Å². The summed E-state index contributed by atoms with van der Waals surface area (Å²) in [7, 11) is -4.12. The maximum Gasteiger partial charge on any atom is 0.338 e. The molecule has 0 saturated carbocycles. The lowest BCUT2D eigenvalue weighted by Gasteiger charge is -2.25. The highest BCUT2D eigenvalue weighted by atomic mass is 35.5. The van der Waals surface area contributed by atoms with Gasteiger partial charge >= 0.3 is 6.03 Å². The zero-order valence-corrected chi connectivity index (χ0v) is 18.0. The van der Waals surface area contributed by atoms with Crippen molar-refractivity contribution in [2.24, 2.45) is 0 Å². The van der Waals surface area contributed by atoms with Gasteiger partial charge in [-0.25, -0.2) is 17.9 Å². The smallest absolute Gasteiger partial charge is 0.338 e. The van der Waals surface area contributed by atoms with E-state index in [4.69, 9.17) is 23.2 Å². The Kier molecular flexibility index (Phi) is 7.02. The molecule has 0 saturated heterocycles. The normalized spacial score (nSPS) is 11.6. The molecule has 1 aromatic heterocycles. The Morgan fingerprint density at radius 1 is 1.04 bits per heavy atom. The van der Waals surface area contributed by atoms with Gasteiger partial charge in [-0.3, -0.25) is 4.90 Å². The highest BCUT2D eigenvalue weighted by molar-refractivity contribution is 7.90. The van der Waals surface area contributed by atoms with E-state index in [1.54, 1.807) is 13.8 Å². The molecule has 0 aliphatic rings. The molecule has 1 heterocycles. The van der Waals surface area contributed by atoms with Crippen molar-refractivity contribution in [3.63, 3.8) is 0 Å². The largest absolute Gasteiger partial charge is 0.352 e. The number of halogens is 2. The monoisotopic (exact) mass is 446 g/mol. The molecular weight excluding hydrogens is 427 g/mol. The van der Waals surface area contributed by atoms with Gasteiger partial charge in [-0.15, -0.1) is 0 Å². The summed E-state index contributed by atoms with van der Waals surface area (Å²) >= 11 is 11.7. The number of hydrogen-bond acceptors (Lipinski definition) is 7. The van der Waals surface area contributed by atoms with Crippen LogP contribution in [0.5, 0.6) is 0 Å². The summed E-state index contributed by atoms with van der Waals surface area (Å²) < 4.78 is 27.0. The standard InChI is InChI=1S/C16H20Cl2N6O3S/c1-9(2)19-14-20-13(18)21-15(22-14)24(10(3)4)16(25)23-28(26,27)12-7-5-11(17)6-8-12/h5-10H,1-4H3,(H,23,25)(H,19,20,21,22). The number of nitrogens with zero attached hydrogens (tertiary/aromatic N) is 4. The lowest BCUT2D eigenvalue weighted by molar-refractivity contribution is 0.249. The number of aromatic nitrogens is 3. The van der Waals surface area contributed by atoms with Crippen molar-refractivity contribution in [3.05, 3.63) is 34.6 Å². The fraction of sp³-hybridized carbons (Fsp3) is 0.375. The molecule has 2 rings (SSSR count). The summed E-state index contributed by atoms with van der Waals surface area (Å²) in [4.78, 5) is 25.8. The first-order valence-electron chi connectivity index (χ1n) is 8.29. The number of rotatable bonds is 6. The average Bonchev–Trinajstić information content (AvgIpc) is 2.53. The van der Waals surface area contributed by atoms with E-state index in [0.29, 0.717) is 5.02 Å². The summed E-state index contributed by atoms with van der Waals surface area (Å²) in [6.07, 6.45) is 0. The Morgan fingerprint density at radius 3 is 2.18 bits per heavy atom. The second-order valence-electron chi connectivity index (χ2n) is 6.36. The van der Waals surface area contributed by atoms with Gasteiger partial charge in [-0.2, -0.15) is 15.0 Å². The van der Waals surface area contributed by atoms with Gasteiger partial charge in [0, 0.05) is 17.1 Å². The van der Waals surface area contributed by atoms with Crippen LogP contribution in [0.15, 0.2) is 29.2 Å². The van der Waals surface area contributed by atoms with E-state index in [0.717, 1.165) is 4.90 Å². The Hall–Kier alpha value is -2.17. The Bertz CT molecular complexity index is 951. The molecule has 0 aliphatic heterocycles. The van der Waals surface area contributed by atoms with E-state index in [1.165, 1.54) is 24.3 Å². The van der Waals surface area contributed by atoms with Gasteiger partial charge in [0.2, 0.25) is 17.2 Å². The third-order valence-electron chi connectivity index (χ3n) is 3.31. The quantitative estimate of drug-likeness (QED) is 0.698. The summed E-state index contributed by atoms with van der Waals surface area (Å²) in [6, 6.07) is 4.03. The van der Waals surface area contributed by atoms with Crippen LogP contribution in [0.1, 0.15) is 27.7 Å². The average molecular weight is 447 g/mol. The van der Waals surface area contributed by atoms with E-state index >= 15 is 0 Å². The fourth-order valence-corrected chi connectivity index (χ4v) is 3.39. The van der Waals surface area contributed by atoms with Crippen molar-refractivity contribution in [3.8, 4) is 0 Å². The molecule has 0 atom stereocenters. The molecule has 0 spiro atoms. The number of amides is 2. The molecule has 2 amide bonds. The van der Waals surface area contributed by atoms with Gasteiger partial charge in [0.25, 0.3) is 10.0 Å². The van der Waals surface area contributed by atoms with Crippen molar-refractivity contribution < 1.29 is 13.2 Å². The van der Waals surface area contributed by atoms with Gasteiger partial charge < -0.3 is 5.32 Å². The van der Waals surface area contributed by atoms with Gasteiger partial charge in [-0.1, -0.05) is 11.6 Å². The molecule has 152 valence electrons. The lowest BCUT2D eigenvalue weighted by atomic mass is 10.3. The topological polar surface area (TPSA) is 117 Å². The third kappa shape index (κ3) is 5.66. The zero-order valence-electron chi connectivity index (χ0n) is 15.6. The van der Waals surface area contributed by atoms with Gasteiger partial charge in [0.1, 0.15) is 0 Å². The van der Waals surface area contributed by atoms with Crippen molar-refractivity contribution in [2.75, 3.05) is 10.2 Å². The molecular formula is C16H20Cl2N6O3S. The lowest BCUT2D eigenvalue weighted by Crippen LogP contribution is -2.47. The van der Waals surface area contributed by atoms with Crippen LogP contribution in [0, 0.1) is 0 Å². The van der Waals surface area contributed by atoms with Crippen molar-refractivity contribution in [1.29, 1.82) is 0 Å². The fourth-order valence-electron chi connectivity index (χ4n) is 2.16. The van der Waals surface area contributed by atoms with Crippen LogP contribution in [-0.4, -0.2) is 41.5 Å². The second-order valence-corrected chi connectivity index (χ2v) is 8.81. The van der Waals surface area contributed by atoms with Crippen LogP contribution in [0.25, 0.3) is 0 Å². The number of benzene rings is 1. The number of carbonyl (C=O) groups is 1. The van der Waals surface area contributed by atoms with Crippen LogP contribution in [-0.2, 0) is 10.0 Å². The van der Waals surface area contributed by atoms with Gasteiger partial charge in [0.15, 0.2) is 0 Å². The van der Waals surface area contributed by atoms with Crippen molar-refractivity contribution in [2.45, 2.75) is 44.7 Å². The Balaban J connectivity index is 2.34. The number of urea groups is 1. The molecule has 0 unspecified atom stereocenters. The van der Waals surface area contributed by atoms with Crippen LogP contribution < -0.4 is 14.9 Å². The van der Waals surface area contributed by atoms with Crippen LogP contribution in [0.2, 0.25) is 10.3 Å². The number of anilines is 2. The Morgan fingerprint density at radius 2 is 1.64 bits per heavy atom. The Labute approximate surface area is 173 Å². The molecule has 1 aromatic carbocycles. The number of nitrogens with one attached hydrogen (secondary N) is 2. The van der Waals surface area contributed by atoms with Gasteiger partial charge in [-0.05, 0) is 63.6 Å². The predicted octanol–water partition coefficient (Wildman–Crippen LogP) is 3.31. The van der Waals surface area contributed by atoms with Crippen molar-refractivity contribution in [1.82, 2.24) is 19.7 Å². The summed E-state index contributed by atoms with van der Waals surface area (Å²) in [5.74, 6) is 0.0889. The minimum absolute atomic E-state index is 0.0120. The molecule has 12 heteroatoms. The van der Waals surface area contributed by atoms with E-state index in [9.17, 15) is 13.2 Å². The maximum absolute atomic E-state index is 12.7. The molecule has 0 bridgehead atoms. The number of sulfonamides is 1. The summed E-state index contributed by atoms with van der Waals surface area (Å²) in [6.45, 7) is 7.12. The minimum atomic E-state index is -4.12. The maximum atomic E-state index is 12.7. The van der Waals surface area contributed by atoms with Crippen LogP contribution in [0.4, 0.5) is 16.7 Å². The first-order chi connectivity index (χ1) is 13.0. The minimum Gasteiger partial charge on any atom is -0.352 e.